The molecule has 0 atom stereocenters. The van der Waals surface area contributed by atoms with E-state index in [4.69, 9.17) is 5.73 Å². The van der Waals surface area contributed by atoms with Crippen LogP contribution >= 0.6 is 0 Å². The average molecular weight is 325 g/mol. The number of aromatic hydroxyl groups is 1. The van der Waals surface area contributed by atoms with Gasteiger partial charge in [-0.05, 0) is 35.4 Å². The Morgan fingerprint density at radius 2 is 1.71 bits per heavy atom. The van der Waals surface area contributed by atoms with Gasteiger partial charge in [0.05, 0.1) is 6.42 Å². The molecule has 0 bridgehead atoms. The normalized spacial score (nSPS) is 15.4. The summed E-state index contributed by atoms with van der Waals surface area (Å²) < 4.78 is 0. The molecule has 126 valence electrons. The van der Waals surface area contributed by atoms with Crippen molar-refractivity contribution in [2.45, 2.75) is 13.0 Å². The van der Waals surface area contributed by atoms with Gasteiger partial charge in [0, 0.05) is 38.4 Å². The van der Waals surface area contributed by atoms with Gasteiger partial charge in [0.25, 0.3) is 0 Å². The van der Waals surface area contributed by atoms with E-state index in [2.05, 4.69) is 4.90 Å². The van der Waals surface area contributed by atoms with E-state index in [0.717, 1.165) is 43.9 Å². The summed E-state index contributed by atoms with van der Waals surface area (Å²) in [7, 11) is 0. The Morgan fingerprint density at radius 3 is 2.38 bits per heavy atom. The highest BCUT2D eigenvalue weighted by atomic mass is 16.3. The number of hydrogen-bond donors (Lipinski definition) is 2. The fraction of sp³-hybridized carbons (Fsp3) is 0.316. The summed E-state index contributed by atoms with van der Waals surface area (Å²) >= 11 is 0. The lowest BCUT2D eigenvalue weighted by atomic mass is 10.1. The van der Waals surface area contributed by atoms with Crippen LogP contribution in [0.4, 0.5) is 5.69 Å². The minimum absolute atomic E-state index is 0.164. The number of hydrogen-bond acceptors (Lipinski definition) is 4. The number of phenols is 1. The standard InChI is InChI=1S/C19H23N3O2/c20-17-6-4-15(5-7-17)13-19(24)22-10-8-21(9-11-22)14-16-2-1-3-18(23)12-16/h1-7,12,23H,8-11,13-14,20H2. The van der Waals surface area contributed by atoms with Crippen LogP contribution in [0.15, 0.2) is 48.5 Å². The molecule has 2 aromatic rings. The minimum Gasteiger partial charge on any atom is -0.508 e. The summed E-state index contributed by atoms with van der Waals surface area (Å²) in [4.78, 5) is 16.6. The molecule has 0 aliphatic carbocycles. The molecule has 3 N–H and O–H groups in total. The van der Waals surface area contributed by atoms with E-state index in [9.17, 15) is 9.90 Å². The molecule has 24 heavy (non-hydrogen) atoms. The Balaban J connectivity index is 1.49. The molecule has 5 heteroatoms. The maximum Gasteiger partial charge on any atom is 0.227 e. The quantitative estimate of drug-likeness (QED) is 0.842. The van der Waals surface area contributed by atoms with Gasteiger partial charge in [-0.1, -0.05) is 24.3 Å². The molecule has 1 saturated heterocycles. The second-order valence-electron chi connectivity index (χ2n) is 6.25. The van der Waals surface area contributed by atoms with Gasteiger partial charge >= 0.3 is 0 Å². The third-order valence-electron chi connectivity index (χ3n) is 4.38. The molecule has 0 unspecified atom stereocenters. The zero-order chi connectivity index (χ0) is 16.9. The summed E-state index contributed by atoms with van der Waals surface area (Å²) in [6.07, 6.45) is 0.423. The SMILES string of the molecule is Nc1ccc(CC(=O)N2CCN(Cc3cccc(O)c3)CC2)cc1. The molecule has 2 aromatic carbocycles. The Labute approximate surface area is 142 Å². The van der Waals surface area contributed by atoms with Gasteiger partial charge in [-0.3, -0.25) is 9.69 Å². The van der Waals surface area contributed by atoms with E-state index in [0.29, 0.717) is 17.9 Å². The topological polar surface area (TPSA) is 69.8 Å². The van der Waals surface area contributed by atoms with Gasteiger partial charge in [0.15, 0.2) is 0 Å². The summed E-state index contributed by atoms with van der Waals surface area (Å²) in [6, 6.07) is 14.8. The predicted molar refractivity (Wildman–Crippen MR) is 94.5 cm³/mol. The summed E-state index contributed by atoms with van der Waals surface area (Å²) in [5.41, 5.74) is 8.48. The number of phenolic OH excluding ortho intramolecular Hbond substituents is 1. The van der Waals surface area contributed by atoms with Crippen molar-refractivity contribution in [1.29, 1.82) is 0 Å². The van der Waals surface area contributed by atoms with E-state index in [1.807, 2.05) is 41.3 Å². The lowest BCUT2D eigenvalue weighted by Gasteiger charge is -2.34. The van der Waals surface area contributed by atoms with Crippen LogP contribution in [0, 0.1) is 0 Å². The molecule has 0 aromatic heterocycles. The fourth-order valence-corrected chi connectivity index (χ4v) is 2.99. The van der Waals surface area contributed by atoms with Crippen molar-refractivity contribution in [3.8, 4) is 5.75 Å². The van der Waals surface area contributed by atoms with Crippen LogP contribution in [-0.4, -0.2) is 47.0 Å². The first-order chi connectivity index (χ1) is 11.6. The Morgan fingerprint density at radius 1 is 1.00 bits per heavy atom. The van der Waals surface area contributed by atoms with Crippen LogP contribution in [0.2, 0.25) is 0 Å². The lowest BCUT2D eigenvalue weighted by molar-refractivity contribution is -0.132. The minimum atomic E-state index is 0.164. The number of nitrogen functional groups attached to an aromatic ring is 1. The zero-order valence-corrected chi connectivity index (χ0v) is 13.7. The van der Waals surface area contributed by atoms with Gasteiger partial charge < -0.3 is 15.7 Å². The number of carbonyl (C=O) groups is 1. The van der Waals surface area contributed by atoms with Gasteiger partial charge in [-0.2, -0.15) is 0 Å². The van der Waals surface area contributed by atoms with E-state index in [-0.39, 0.29) is 5.91 Å². The number of benzene rings is 2. The molecule has 3 rings (SSSR count). The van der Waals surface area contributed by atoms with Crippen LogP contribution in [0.3, 0.4) is 0 Å². The van der Waals surface area contributed by atoms with Gasteiger partial charge in [-0.25, -0.2) is 0 Å². The van der Waals surface area contributed by atoms with Crippen molar-refractivity contribution in [2.24, 2.45) is 0 Å². The highest BCUT2D eigenvalue weighted by Gasteiger charge is 2.21. The van der Waals surface area contributed by atoms with Crippen LogP contribution in [0.1, 0.15) is 11.1 Å². The zero-order valence-electron chi connectivity index (χ0n) is 13.7. The Bertz CT molecular complexity index is 692. The molecule has 1 aliphatic heterocycles. The van der Waals surface area contributed by atoms with Crippen molar-refractivity contribution >= 4 is 11.6 Å². The molecular weight excluding hydrogens is 302 g/mol. The van der Waals surface area contributed by atoms with Gasteiger partial charge in [-0.15, -0.1) is 0 Å². The number of piperazine rings is 1. The average Bonchev–Trinajstić information content (AvgIpc) is 2.57. The van der Waals surface area contributed by atoms with Gasteiger partial charge in [0.1, 0.15) is 5.75 Å². The first-order valence-corrected chi connectivity index (χ1v) is 8.22. The molecule has 1 aliphatic rings. The summed E-state index contributed by atoms with van der Waals surface area (Å²) in [5, 5.41) is 9.54. The largest absolute Gasteiger partial charge is 0.508 e. The van der Waals surface area contributed by atoms with Crippen molar-refractivity contribution in [3.63, 3.8) is 0 Å². The molecular formula is C19H23N3O2. The van der Waals surface area contributed by atoms with Crippen molar-refractivity contribution in [3.05, 3.63) is 59.7 Å². The van der Waals surface area contributed by atoms with E-state index in [1.54, 1.807) is 12.1 Å². The summed E-state index contributed by atoms with van der Waals surface area (Å²) in [6.45, 7) is 3.99. The van der Waals surface area contributed by atoms with Crippen LogP contribution in [0.5, 0.6) is 5.75 Å². The van der Waals surface area contributed by atoms with E-state index >= 15 is 0 Å². The number of rotatable bonds is 4. The number of carbonyl (C=O) groups excluding carboxylic acids is 1. The molecule has 1 amide bonds. The first kappa shape index (κ1) is 16.3. The molecule has 0 saturated carbocycles. The third-order valence-corrected chi connectivity index (χ3v) is 4.38. The molecule has 0 radical (unpaired) electrons. The van der Waals surface area contributed by atoms with Crippen LogP contribution < -0.4 is 5.73 Å². The number of amides is 1. The molecule has 5 nitrogen and oxygen atoms in total. The monoisotopic (exact) mass is 325 g/mol. The smallest absolute Gasteiger partial charge is 0.227 e. The third kappa shape index (κ3) is 4.26. The van der Waals surface area contributed by atoms with Crippen molar-refractivity contribution in [2.75, 3.05) is 31.9 Å². The Kier molecular flexibility index (Phi) is 5.01. The molecule has 1 fully saturated rings. The summed E-state index contributed by atoms with van der Waals surface area (Å²) in [5.74, 6) is 0.460. The van der Waals surface area contributed by atoms with Crippen LogP contribution in [-0.2, 0) is 17.8 Å². The van der Waals surface area contributed by atoms with Crippen molar-refractivity contribution < 1.29 is 9.90 Å². The first-order valence-electron chi connectivity index (χ1n) is 8.22. The second kappa shape index (κ2) is 7.36. The van der Waals surface area contributed by atoms with Gasteiger partial charge in [0.2, 0.25) is 5.91 Å². The highest BCUT2D eigenvalue weighted by Crippen LogP contribution is 2.15. The lowest BCUT2D eigenvalue weighted by Crippen LogP contribution is -2.48. The molecule has 1 heterocycles. The molecule has 0 spiro atoms. The Hall–Kier alpha value is -2.53. The number of anilines is 1. The maximum atomic E-state index is 12.4. The van der Waals surface area contributed by atoms with Crippen molar-refractivity contribution in [1.82, 2.24) is 9.80 Å². The fourth-order valence-electron chi connectivity index (χ4n) is 2.99. The number of nitrogens with zero attached hydrogens (tertiary/aromatic N) is 2. The number of nitrogens with two attached hydrogens (primary N) is 1. The predicted octanol–water partition coefficient (Wildman–Crippen LogP) is 1.86. The maximum absolute atomic E-state index is 12.4. The van der Waals surface area contributed by atoms with E-state index in [1.165, 1.54) is 0 Å². The second-order valence-corrected chi connectivity index (χ2v) is 6.25. The highest BCUT2D eigenvalue weighted by molar-refractivity contribution is 5.79. The van der Waals surface area contributed by atoms with Crippen LogP contribution in [0.25, 0.3) is 0 Å². The van der Waals surface area contributed by atoms with E-state index < -0.39 is 0 Å².